The lowest BCUT2D eigenvalue weighted by atomic mass is 10.1. The van der Waals surface area contributed by atoms with Gasteiger partial charge in [-0.25, -0.2) is 13.8 Å². The predicted octanol–water partition coefficient (Wildman–Crippen LogP) is 0.406. The Bertz CT molecular complexity index is 381. The average Bonchev–Trinajstić information content (AvgIpc) is 2.08. The number of aromatic hydroxyl groups is 1. The number of carbonyl (C=O) groups is 1. The summed E-state index contributed by atoms with van der Waals surface area (Å²) in [7, 11) is 0. The molecule has 1 rings (SSSR count). The molecule has 0 unspecified atom stereocenters. The van der Waals surface area contributed by atoms with Crippen molar-refractivity contribution >= 4 is 11.7 Å². The molecule has 1 aromatic rings. The van der Waals surface area contributed by atoms with Crippen molar-refractivity contribution in [2.45, 2.75) is 6.43 Å². The number of nitrogens with zero attached hydrogens (tertiary/aromatic N) is 1. The monoisotopic (exact) mass is 203 g/mol. The largest absolute Gasteiger partial charge is 0.504 e. The highest BCUT2D eigenvalue weighted by Gasteiger charge is 2.22. The summed E-state index contributed by atoms with van der Waals surface area (Å²) in [6.45, 7) is 0. The van der Waals surface area contributed by atoms with Gasteiger partial charge >= 0.3 is 0 Å². The number of halogens is 2. The molecule has 0 saturated heterocycles. The molecule has 5 N–H and O–H groups in total. The van der Waals surface area contributed by atoms with Gasteiger partial charge in [-0.3, -0.25) is 4.79 Å². The maximum atomic E-state index is 12.3. The topological polar surface area (TPSA) is 102 Å². The minimum Gasteiger partial charge on any atom is -0.504 e. The van der Waals surface area contributed by atoms with Crippen LogP contribution >= 0.6 is 0 Å². The zero-order chi connectivity index (χ0) is 10.9. The Labute approximate surface area is 77.3 Å². The van der Waals surface area contributed by atoms with Gasteiger partial charge in [-0.15, -0.1) is 0 Å². The second-order valence-electron chi connectivity index (χ2n) is 2.49. The SMILES string of the molecule is NC(=O)c1c(C(F)F)cnc(N)c1O. The molecule has 1 amide bonds. The summed E-state index contributed by atoms with van der Waals surface area (Å²) in [5.74, 6) is -2.40. The van der Waals surface area contributed by atoms with Crippen LogP contribution < -0.4 is 11.5 Å². The van der Waals surface area contributed by atoms with Gasteiger partial charge in [0.1, 0.15) is 0 Å². The first-order chi connectivity index (χ1) is 6.45. The molecule has 1 heterocycles. The van der Waals surface area contributed by atoms with Gasteiger partial charge in [0, 0.05) is 6.20 Å². The van der Waals surface area contributed by atoms with Gasteiger partial charge in [-0.2, -0.15) is 0 Å². The van der Waals surface area contributed by atoms with E-state index in [1.165, 1.54) is 0 Å². The Kier molecular flexibility index (Phi) is 2.50. The average molecular weight is 203 g/mol. The fourth-order valence-electron chi connectivity index (χ4n) is 0.954. The number of amides is 1. The number of carbonyl (C=O) groups excluding carboxylic acids is 1. The molecular formula is C7H7F2N3O2. The summed E-state index contributed by atoms with van der Waals surface area (Å²) in [4.78, 5) is 14.0. The van der Waals surface area contributed by atoms with E-state index in [1.807, 2.05) is 0 Å². The molecule has 0 aliphatic carbocycles. The number of nitrogen functional groups attached to an aromatic ring is 1. The summed E-state index contributed by atoms with van der Waals surface area (Å²) in [6.07, 6.45) is -2.24. The van der Waals surface area contributed by atoms with Crippen LogP contribution in [0.2, 0.25) is 0 Å². The molecule has 5 nitrogen and oxygen atoms in total. The Hall–Kier alpha value is -1.92. The van der Waals surface area contributed by atoms with Gasteiger partial charge in [-0.1, -0.05) is 0 Å². The van der Waals surface area contributed by atoms with E-state index in [9.17, 15) is 18.7 Å². The standard InChI is InChI=1S/C7H7F2N3O2/c8-5(9)2-1-12-6(10)4(13)3(2)7(11)14/h1,5,13H,(H2,10,12)(H2,11,14). The minimum atomic E-state index is -2.95. The van der Waals surface area contributed by atoms with Gasteiger partial charge in [0.05, 0.1) is 11.1 Å². The molecule has 7 heteroatoms. The number of hydrogen-bond donors (Lipinski definition) is 3. The number of hydrogen-bond acceptors (Lipinski definition) is 4. The van der Waals surface area contributed by atoms with Crippen molar-refractivity contribution in [3.63, 3.8) is 0 Å². The van der Waals surface area contributed by atoms with E-state index in [0.717, 1.165) is 0 Å². The molecular weight excluding hydrogens is 196 g/mol. The van der Waals surface area contributed by atoms with E-state index in [0.29, 0.717) is 6.20 Å². The van der Waals surface area contributed by atoms with Crippen molar-refractivity contribution in [2.75, 3.05) is 5.73 Å². The van der Waals surface area contributed by atoms with Crippen LogP contribution in [0.4, 0.5) is 14.6 Å². The molecule has 14 heavy (non-hydrogen) atoms. The highest BCUT2D eigenvalue weighted by atomic mass is 19.3. The lowest BCUT2D eigenvalue weighted by Gasteiger charge is -2.08. The van der Waals surface area contributed by atoms with Crippen LogP contribution in [0, 0.1) is 0 Å². The molecule has 0 radical (unpaired) electrons. The lowest BCUT2D eigenvalue weighted by molar-refractivity contribution is 0.0982. The van der Waals surface area contributed by atoms with Crippen LogP contribution in [-0.4, -0.2) is 16.0 Å². The number of primary amides is 1. The molecule has 0 atom stereocenters. The molecule has 1 aromatic heterocycles. The quantitative estimate of drug-likeness (QED) is 0.647. The number of rotatable bonds is 2. The molecule has 0 saturated carbocycles. The Morgan fingerprint density at radius 2 is 2.14 bits per heavy atom. The van der Waals surface area contributed by atoms with E-state index in [2.05, 4.69) is 4.98 Å². The number of pyridine rings is 1. The summed E-state index contributed by atoms with van der Waals surface area (Å²) < 4.78 is 24.6. The molecule has 0 aliphatic heterocycles. The maximum Gasteiger partial charge on any atom is 0.266 e. The summed E-state index contributed by atoms with van der Waals surface area (Å²) in [5, 5.41) is 9.18. The summed E-state index contributed by atoms with van der Waals surface area (Å²) >= 11 is 0. The second-order valence-corrected chi connectivity index (χ2v) is 2.49. The zero-order valence-electron chi connectivity index (χ0n) is 6.87. The first kappa shape index (κ1) is 10.2. The molecule has 0 spiro atoms. The smallest absolute Gasteiger partial charge is 0.266 e. The van der Waals surface area contributed by atoms with E-state index in [4.69, 9.17) is 11.5 Å². The van der Waals surface area contributed by atoms with Crippen molar-refractivity contribution in [3.05, 3.63) is 17.3 Å². The van der Waals surface area contributed by atoms with Crippen LogP contribution in [0.5, 0.6) is 5.75 Å². The Morgan fingerprint density at radius 3 is 2.57 bits per heavy atom. The van der Waals surface area contributed by atoms with Gasteiger partial charge in [0.15, 0.2) is 11.6 Å². The normalized spacial score (nSPS) is 10.5. The predicted molar refractivity (Wildman–Crippen MR) is 43.8 cm³/mol. The number of aromatic nitrogens is 1. The number of anilines is 1. The number of nitrogens with two attached hydrogens (primary N) is 2. The van der Waals surface area contributed by atoms with E-state index < -0.39 is 35.0 Å². The molecule has 0 bridgehead atoms. The fraction of sp³-hybridized carbons (Fsp3) is 0.143. The summed E-state index contributed by atoms with van der Waals surface area (Å²) in [6, 6.07) is 0. The van der Waals surface area contributed by atoms with Crippen molar-refractivity contribution in [3.8, 4) is 5.75 Å². The zero-order valence-corrected chi connectivity index (χ0v) is 6.87. The summed E-state index contributed by atoms with van der Waals surface area (Å²) in [5.41, 5.74) is 8.50. The Balaban J connectivity index is 3.45. The molecule has 76 valence electrons. The van der Waals surface area contributed by atoms with Gasteiger partial charge in [-0.05, 0) is 0 Å². The third-order valence-corrected chi connectivity index (χ3v) is 1.59. The van der Waals surface area contributed by atoms with Crippen molar-refractivity contribution in [2.24, 2.45) is 5.73 Å². The molecule has 0 aromatic carbocycles. The third-order valence-electron chi connectivity index (χ3n) is 1.59. The van der Waals surface area contributed by atoms with Crippen molar-refractivity contribution in [1.29, 1.82) is 0 Å². The van der Waals surface area contributed by atoms with Crippen LogP contribution in [-0.2, 0) is 0 Å². The van der Waals surface area contributed by atoms with E-state index in [1.54, 1.807) is 0 Å². The maximum absolute atomic E-state index is 12.3. The lowest BCUT2D eigenvalue weighted by Crippen LogP contribution is -2.15. The van der Waals surface area contributed by atoms with Gasteiger partial charge in [0.25, 0.3) is 12.3 Å². The van der Waals surface area contributed by atoms with Gasteiger partial charge < -0.3 is 16.6 Å². The Morgan fingerprint density at radius 1 is 1.57 bits per heavy atom. The van der Waals surface area contributed by atoms with E-state index >= 15 is 0 Å². The first-order valence-electron chi connectivity index (χ1n) is 3.50. The highest BCUT2D eigenvalue weighted by Crippen LogP contribution is 2.31. The van der Waals surface area contributed by atoms with Crippen molar-refractivity contribution in [1.82, 2.24) is 4.98 Å². The minimum absolute atomic E-state index is 0.414. The fourth-order valence-corrected chi connectivity index (χ4v) is 0.954. The van der Waals surface area contributed by atoms with Crippen molar-refractivity contribution < 1.29 is 18.7 Å². The molecule has 0 aliphatic rings. The first-order valence-corrected chi connectivity index (χ1v) is 3.50. The highest BCUT2D eigenvalue weighted by molar-refractivity contribution is 5.98. The van der Waals surface area contributed by atoms with E-state index in [-0.39, 0.29) is 0 Å². The van der Waals surface area contributed by atoms with Gasteiger partial charge in [0.2, 0.25) is 0 Å². The number of alkyl halides is 2. The van der Waals surface area contributed by atoms with Crippen LogP contribution in [0.1, 0.15) is 22.3 Å². The van der Waals surface area contributed by atoms with Crippen LogP contribution in [0.25, 0.3) is 0 Å². The molecule has 0 fully saturated rings. The van der Waals surface area contributed by atoms with Crippen LogP contribution in [0.15, 0.2) is 6.20 Å². The second kappa shape index (κ2) is 3.44. The third kappa shape index (κ3) is 1.56. The van der Waals surface area contributed by atoms with Crippen LogP contribution in [0.3, 0.4) is 0 Å².